The Morgan fingerprint density at radius 1 is 1.31 bits per heavy atom. The van der Waals surface area contributed by atoms with E-state index in [1.807, 2.05) is 11.3 Å². The van der Waals surface area contributed by atoms with Crippen LogP contribution in [-0.2, 0) is 19.4 Å². The summed E-state index contributed by atoms with van der Waals surface area (Å²) < 4.78 is 0. The van der Waals surface area contributed by atoms with Gasteiger partial charge in [-0.15, -0.1) is 11.3 Å². The Balaban J connectivity index is 1.28. The summed E-state index contributed by atoms with van der Waals surface area (Å²) in [5.41, 5.74) is 1.99. The third-order valence-corrected chi connectivity index (χ3v) is 6.47. The number of thiazole rings is 1. The van der Waals surface area contributed by atoms with Crippen molar-refractivity contribution < 1.29 is 4.79 Å². The average molecular weight is 371 g/mol. The highest BCUT2D eigenvalue weighted by atomic mass is 32.1. The fraction of sp³-hybridized carbons (Fsp3) is 0.550. The Kier molecular flexibility index (Phi) is 5.60. The van der Waals surface area contributed by atoms with E-state index in [0.717, 1.165) is 32.6 Å². The predicted molar refractivity (Wildman–Crippen MR) is 103 cm³/mol. The molecule has 2 aromatic heterocycles. The van der Waals surface area contributed by atoms with E-state index in [2.05, 4.69) is 15.2 Å². The van der Waals surface area contributed by atoms with Crippen molar-refractivity contribution in [1.82, 2.24) is 20.2 Å². The Labute approximate surface area is 158 Å². The van der Waals surface area contributed by atoms with Crippen molar-refractivity contribution in [2.45, 2.75) is 45.1 Å². The lowest BCUT2D eigenvalue weighted by Crippen LogP contribution is -2.40. The number of hydrogen-bond acceptors (Lipinski definition) is 5. The molecule has 2 aliphatic rings. The normalized spacial score (nSPS) is 20.5. The molecular formula is C20H26N4OS. The van der Waals surface area contributed by atoms with Crippen molar-refractivity contribution in [1.29, 1.82) is 0 Å². The second kappa shape index (κ2) is 8.27. The van der Waals surface area contributed by atoms with E-state index in [9.17, 15) is 4.79 Å². The fourth-order valence-electron chi connectivity index (χ4n) is 3.96. The van der Waals surface area contributed by atoms with Crippen LogP contribution in [0.4, 0.5) is 0 Å². The van der Waals surface area contributed by atoms with Gasteiger partial charge >= 0.3 is 0 Å². The number of nitrogens with one attached hydrogen (secondary N) is 1. The molecule has 0 spiro atoms. The number of aromatic nitrogens is 2. The first-order chi connectivity index (χ1) is 12.8. The van der Waals surface area contributed by atoms with E-state index < -0.39 is 0 Å². The Hall–Kier alpha value is -1.79. The molecule has 138 valence electrons. The van der Waals surface area contributed by atoms with Gasteiger partial charge in [0, 0.05) is 30.4 Å². The van der Waals surface area contributed by atoms with Gasteiger partial charge in [0.2, 0.25) is 0 Å². The lowest BCUT2D eigenvalue weighted by atomic mass is 9.98. The number of hydrogen-bond donors (Lipinski definition) is 1. The number of carbonyl (C=O) groups excluding carboxylic acids is 1. The quantitative estimate of drug-likeness (QED) is 0.879. The second-order valence-electron chi connectivity index (χ2n) is 7.38. The summed E-state index contributed by atoms with van der Waals surface area (Å²) >= 11 is 1.92. The topological polar surface area (TPSA) is 58.1 Å². The minimum absolute atomic E-state index is 0.0252. The van der Waals surface area contributed by atoms with E-state index in [1.54, 1.807) is 24.5 Å². The third-order valence-electron chi connectivity index (χ3n) is 5.33. The second-order valence-corrected chi connectivity index (χ2v) is 8.55. The monoisotopic (exact) mass is 370 g/mol. The smallest absolute Gasteiger partial charge is 0.252 e. The summed E-state index contributed by atoms with van der Waals surface area (Å²) in [7, 11) is 0. The molecule has 1 atom stereocenters. The molecule has 6 heteroatoms. The summed E-state index contributed by atoms with van der Waals surface area (Å²) in [6.07, 6.45) is 10.7. The molecule has 1 fully saturated rings. The van der Waals surface area contributed by atoms with Crippen LogP contribution in [0.2, 0.25) is 0 Å². The van der Waals surface area contributed by atoms with E-state index in [0.29, 0.717) is 11.5 Å². The van der Waals surface area contributed by atoms with E-state index in [4.69, 9.17) is 4.98 Å². The van der Waals surface area contributed by atoms with Crippen LogP contribution in [0.15, 0.2) is 24.5 Å². The zero-order valence-corrected chi connectivity index (χ0v) is 15.9. The lowest BCUT2D eigenvalue weighted by Gasteiger charge is -2.32. The van der Waals surface area contributed by atoms with Crippen molar-refractivity contribution in [3.05, 3.63) is 45.7 Å². The minimum Gasteiger partial charge on any atom is -0.352 e. The number of fused-ring (bicyclic) bond motifs is 1. The van der Waals surface area contributed by atoms with Gasteiger partial charge in [-0.25, -0.2) is 4.98 Å². The highest BCUT2D eigenvalue weighted by molar-refractivity contribution is 7.11. The standard InChI is InChI=1S/C20H26N4OS/c25-20(16-6-3-9-21-12-16)22-11-15-5-4-10-24(13-15)14-19-23-17-7-1-2-8-18(17)26-19/h3,6,9,12,15H,1-2,4-5,7-8,10-11,13-14H2,(H,22,25)/t15-/m1/s1. The van der Waals surface area contributed by atoms with Gasteiger partial charge < -0.3 is 5.32 Å². The molecule has 1 N–H and O–H groups in total. The van der Waals surface area contributed by atoms with E-state index in [-0.39, 0.29) is 5.91 Å². The maximum atomic E-state index is 12.2. The van der Waals surface area contributed by atoms with Gasteiger partial charge in [-0.05, 0) is 63.1 Å². The number of amides is 1. The molecule has 26 heavy (non-hydrogen) atoms. The van der Waals surface area contributed by atoms with Crippen molar-refractivity contribution in [3.63, 3.8) is 0 Å². The Morgan fingerprint density at radius 3 is 3.08 bits per heavy atom. The van der Waals surface area contributed by atoms with E-state index >= 15 is 0 Å². The van der Waals surface area contributed by atoms with Gasteiger partial charge in [0.25, 0.3) is 5.91 Å². The predicted octanol–water partition coefficient (Wildman–Crippen LogP) is 3.06. The van der Waals surface area contributed by atoms with Crippen LogP contribution in [0.3, 0.4) is 0 Å². The molecule has 0 saturated carbocycles. The van der Waals surface area contributed by atoms with Crippen LogP contribution in [-0.4, -0.2) is 40.4 Å². The van der Waals surface area contributed by atoms with Crippen LogP contribution in [0, 0.1) is 5.92 Å². The summed E-state index contributed by atoms with van der Waals surface area (Å²) in [6.45, 7) is 3.87. The number of likely N-dealkylation sites (tertiary alicyclic amines) is 1. The molecule has 0 unspecified atom stereocenters. The molecule has 1 saturated heterocycles. The van der Waals surface area contributed by atoms with E-state index in [1.165, 1.54) is 47.7 Å². The molecule has 1 aliphatic carbocycles. The Morgan fingerprint density at radius 2 is 2.23 bits per heavy atom. The van der Waals surface area contributed by atoms with Crippen LogP contribution >= 0.6 is 11.3 Å². The molecule has 0 radical (unpaired) electrons. The van der Waals surface area contributed by atoms with Gasteiger partial charge in [0.1, 0.15) is 5.01 Å². The summed E-state index contributed by atoms with van der Waals surface area (Å²) in [5.74, 6) is 0.488. The summed E-state index contributed by atoms with van der Waals surface area (Å²) in [5, 5.41) is 4.35. The van der Waals surface area contributed by atoms with Gasteiger partial charge in [-0.3, -0.25) is 14.7 Å². The zero-order valence-electron chi connectivity index (χ0n) is 15.1. The first-order valence-corrected chi connectivity index (χ1v) is 10.5. The fourth-order valence-corrected chi connectivity index (χ4v) is 5.16. The third kappa shape index (κ3) is 4.30. The Bertz CT molecular complexity index is 722. The zero-order chi connectivity index (χ0) is 17.8. The molecule has 5 nitrogen and oxygen atoms in total. The van der Waals surface area contributed by atoms with Crippen molar-refractivity contribution >= 4 is 17.2 Å². The highest BCUT2D eigenvalue weighted by Gasteiger charge is 2.23. The van der Waals surface area contributed by atoms with Gasteiger partial charge in [0.05, 0.1) is 17.8 Å². The number of carbonyl (C=O) groups is 1. The molecule has 2 aromatic rings. The first-order valence-electron chi connectivity index (χ1n) is 9.66. The van der Waals surface area contributed by atoms with Crippen LogP contribution in [0.1, 0.15) is 51.6 Å². The largest absolute Gasteiger partial charge is 0.352 e. The summed E-state index contributed by atoms with van der Waals surface area (Å²) in [6, 6.07) is 3.60. The maximum absolute atomic E-state index is 12.2. The van der Waals surface area contributed by atoms with Crippen LogP contribution < -0.4 is 5.32 Å². The number of rotatable bonds is 5. The maximum Gasteiger partial charge on any atom is 0.252 e. The molecule has 1 amide bonds. The van der Waals surface area contributed by atoms with Crippen molar-refractivity contribution in [2.75, 3.05) is 19.6 Å². The van der Waals surface area contributed by atoms with Gasteiger partial charge in [-0.1, -0.05) is 0 Å². The molecule has 0 aromatic carbocycles. The molecule has 1 aliphatic heterocycles. The molecule has 3 heterocycles. The van der Waals surface area contributed by atoms with Crippen LogP contribution in [0.5, 0.6) is 0 Å². The number of pyridine rings is 1. The first kappa shape index (κ1) is 17.6. The van der Waals surface area contributed by atoms with Gasteiger partial charge in [-0.2, -0.15) is 0 Å². The van der Waals surface area contributed by atoms with Gasteiger partial charge in [0.15, 0.2) is 0 Å². The molecular weight excluding hydrogens is 344 g/mol. The lowest BCUT2D eigenvalue weighted by molar-refractivity contribution is 0.0930. The number of piperidine rings is 1. The minimum atomic E-state index is -0.0252. The van der Waals surface area contributed by atoms with Crippen molar-refractivity contribution in [2.24, 2.45) is 5.92 Å². The molecule has 4 rings (SSSR count). The number of nitrogens with zero attached hydrogens (tertiary/aromatic N) is 3. The van der Waals surface area contributed by atoms with Crippen molar-refractivity contribution in [3.8, 4) is 0 Å². The van der Waals surface area contributed by atoms with Crippen LogP contribution in [0.25, 0.3) is 0 Å². The SMILES string of the molecule is O=C(NC[C@H]1CCCN(Cc2nc3c(s2)CCCC3)C1)c1cccnc1. The molecule has 0 bridgehead atoms. The highest BCUT2D eigenvalue weighted by Crippen LogP contribution is 2.28. The average Bonchev–Trinajstić information content (AvgIpc) is 3.09. The summed E-state index contributed by atoms with van der Waals surface area (Å²) in [4.78, 5) is 25.1. The number of aryl methyl sites for hydroxylation is 2.